The highest BCUT2D eigenvalue weighted by molar-refractivity contribution is 6.36. The summed E-state index contributed by atoms with van der Waals surface area (Å²) >= 11 is 12.8. The molecule has 0 bridgehead atoms. The molecule has 3 aromatic carbocycles. The van der Waals surface area contributed by atoms with Crippen LogP contribution in [-0.2, 0) is 6.42 Å². The van der Waals surface area contributed by atoms with Crippen molar-refractivity contribution in [3.8, 4) is 5.75 Å². The SMILES string of the molecule is O=C(Nc1cc(Cl)c(Cc2ccc(O)c3ccccc23)c(Cl)c1)c1noc(=O)[nH]1. The number of nitrogens with zero attached hydrogens (tertiary/aromatic N) is 1. The Morgan fingerprint density at radius 2 is 1.79 bits per heavy atom. The third-order valence-electron chi connectivity index (χ3n) is 4.41. The molecule has 0 radical (unpaired) electrons. The van der Waals surface area contributed by atoms with Crippen LogP contribution in [0.2, 0.25) is 10.0 Å². The molecule has 29 heavy (non-hydrogen) atoms. The lowest BCUT2D eigenvalue weighted by molar-refractivity contribution is 0.101. The van der Waals surface area contributed by atoms with Crippen LogP contribution in [0.4, 0.5) is 5.69 Å². The second-order valence-electron chi connectivity index (χ2n) is 6.28. The molecule has 9 heteroatoms. The minimum absolute atomic E-state index is 0.200. The fourth-order valence-corrected chi connectivity index (χ4v) is 3.67. The predicted octanol–water partition coefficient (Wildman–Crippen LogP) is 4.37. The molecule has 0 aliphatic heterocycles. The Balaban J connectivity index is 1.64. The number of anilines is 1. The fraction of sp³-hybridized carbons (Fsp3) is 0.0500. The summed E-state index contributed by atoms with van der Waals surface area (Å²) in [5.41, 5.74) is 1.96. The van der Waals surface area contributed by atoms with Gasteiger partial charge in [0.05, 0.1) is 0 Å². The van der Waals surface area contributed by atoms with E-state index in [4.69, 9.17) is 23.2 Å². The molecule has 146 valence electrons. The van der Waals surface area contributed by atoms with Gasteiger partial charge in [-0.25, -0.2) is 4.79 Å². The van der Waals surface area contributed by atoms with Gasteiger partial charge in [-0.1, -0.05) is 53.5 Å². The molecule has 1 amide bonds. The second-order valence-corrected chi connectivity index (χ2v) is 7.10. The minimum Gasteiger partial charge on any atom is -0.507 e. The van der Waals surface area contributed by atoms with Gasteiger partial charge in [-0.2, -0.15) is 0 Å². The van der Waals surface area contributed by atoms with Gasteiger partial charge in [0.2, 0.25) is 5.82 Å². The van der Waals surface area contributed by atoms with Gasteiger partial charge < -0.3 is 10.4 Å². The number of hydrogen-bond donors (Lipinski definition) is 3. The van der Waals surface area contributed by atoms with Gasteiger partial charge in [0, 0.05) is 27.5 Å². The zero-order chi connectivity index (χ0) is 20.5. The van der Waals surface area contributed by atoms with E-state index in [0.29, 0.717) is 27.7 Å². The summed E-state index contributed by atoms with van der Waals surface area (Å²) in [6.07, 6.45) is 0.434. The topological polar surface area (TPSA) is 108 Å². The van der Waals surface area contributed by atoms with Crippen molar-refractivity contribution in [2.45, 2.75) is 6.42 Å². The van der Waals surface area contributed by atoms with E-state index in [-0.39, 0.29) is 11.6 Å². The minimum atomic E-state index is -0.831. The number of benzene rings is 3. The number of phenols is 1. The molecule has 4 aromatic rings. The molecule has 0 spiro atoms. The third kappa shape index (κ3) is 3.83. The van der Waals surface area contributed by atoms with Crippen LogP contribution in [0.5, 0.6) is 5.75 Å². The van der Waals surface area contributed by atoms with Crippen LogP contribution in [0.15, 0.2) is 57.8 Å². The third-order valence-corrected chi connectivity index (χ3v) is 5.09. The van der Waals surface area contributed by atoms with Crippen molar-refractivity contribution < 1.29 is 14.4 Å². The van der Waals surface area contributed by atoms with E-state index < -0.39 is 11.7 Å². The number of carbonyl (C=O) groups is 1. The lowest BCUT2D eigenvalue weighted by atomic mass is 9.97. The Bertz CT molecular complexity index is 1270. The van der Waals surface area contributed by atoms with Crippen molar-refractivity contribution in [1.29, 1.82) is 0 Å². The molecule has 0 atom stereocenters. The first-order valence-electron chi connectivity index (χ1n) is 8.47. The number of aromatic hydroxyl groups is 1. The quantitative estimate of drug-likeness (QED) is 0.446. The predicted molar refractivity (Wildman–Crippen MR) is 110 cm³/mol. The number of hydrogen-bond acceptors (Lipinski definition) is 5. The lowest BCUT2D eigenvalue weighted by Crippen LogP contribution is -2.15. The van der Waals surface area contributed by atoms with Crippen molar-refractivity contribution in [3.05, 3.63) is 86.1 Å². The van der Waals surface area contributed by atoms with Crippen molar-refractivity contribution >= 4 is 45.6 Å². The van der Waals surface area contributed by atoms with E-state index in [1.165, 1.54) is 0 Å². The van der Waals surface area contributed by atoms with Crippen LogP contribution in [0.1, 0.15) is 21.7 Å². The standard InChI is InChI=1S/C20H13Cl2N3O4/c21-15-8-11(23-19(27)18-24-20(28)29-25-18)9-16(22)14(15)7-10-5-6-17(26)13-4-2-1-3-12(10)13/h1-6,8-9,26H,7H2,(H,23,27)(H,24,25,28). The highest BCUT2D eigenvalue weighted by Crippen LogP contribution is 2.34. The van der Waals surface area contributed by atoms with Crippen LogP contribution in [-0.4, -0.2) is 21.2 Å². The van der Waals surface area contributed by atoms with Gasteiger partial charge in [-0.05, 0) is 39.9 Å². The van der Waals surface area contributed by atoms with Gasteiger partial charge in [0.15, 0.2) is 0 Å². The average Bonchev–Trinajstić information content (AvgIpc) is 3.13. The molecule has 0 unspecified atom stereocenters. The summed E-state index contributed by atoms with van der Waals surface area (Å²) < 4.78 is 4.31. The summed E-state index contributed by atoms with van der Waals surface area (Å²) in [5, 5.41) is 18.3. The number of halogens is 2. The number of carbonyl (C=O) groups excluding carboxylic acids is 1. The van der Waals surface area contributed by atoms with Crippen molar-refractivity contribution in [1.82, 2.24) is 10.1 Å². The Morgan fingerprint density at radius 3 is 2.45 bits per heavy atom. The van der Waals surface area contributed by atoms with Crippen LogP contribution < -0.4 is 11.1 Å². The maximum atomic E-state index is 12.1. The molecule has 0 fully saturated rings. The molecule has 3 N–H and O–H groups in total. The Labute approximate surface area is 173 Å². The molecular formula is C20H13Cl2N3O4. The Hall–Kier alpha value is -3.29. The lowest BCUT2D eigenvalue weighted by Gasteiger charge is -2.13. The van der Waals surface area contributed by atoms with Crippen molar-refractivity contribution in [2.75, 3.05) is 5.32 Å². The first-order valence-corrected chi connectivity index (χ1v) is 9.23. The first-order chi connectivity index (χ1) is 13.9. The fourth-order valence-electron chi connectivity index (χ4n) is 3.05. The van der Waals surface area contributed by atoms with Crippen LogP contribution >= 0.6 is 23.2 Å². The highest BCUT2D eigenvalue weighted by Gasteiger charge is 2.16. The largest absolute Gasteiger partial charge is 0.507 e. The summed E-state index contributed by atoms with van der Waals surface area (Å²) in [7, 11) is 0. The number of rotatable bonds is 4. The van der Waals surface area contributed by atoms with Crippen molar-refractivity contribution in [2.24, 2.45) is 0 Å². The van der Waals surface area contributed by atoms with Crippen LogP contribution in [0.25, 0.3) is 10.8 Å². The normalized spacial score (nSPS) is 11.0. The number of H-pyrrole nitrogens is 1. The molecule has 7 nitrogen and oxygen atoms in total. The van der Waals surface area contributed by atoms with Crippen LogP contribution in [0, 0.1) is 0 Å². The monoisotopic (exact) mass is 429 g/mol. The van der Waals surface area contributed by atoms with E-state index in [9.17, 15) is 14.7 Å². The molecule has 0 saturated heterocycles. The average molecular weight is 430 g/mol. The molecule has 1 heterocycles. The van der Waals surface area contributed by atoms with Gasteiger partial charge in [-0.15, -0.1) is 0 Å². The van der Waals surface area contributed by atoms with E-state index in [0.717, 1.165) is 16.3 Å². The van der Waals surface area contributed by atoms with E-state index >= 15 is 0 Å². The van der Waals surface area contributed by atoms with Gasteiger partial charge >= 0.3 is 5.76 Å². The molecular weight excluding hydrogens is 417 g/mol. The highest BCUT2D eigenvalue weighted by atomic mass is 35.5. The number of phenolic OH excluding ortho intramolecular Hbond substituents is 1. The summed E-state index contributed by atoms with van der Waals surface area (Å²) in [6, 6.07) is 14.1. The van der Waals surface area contributed by atoms with Gasteiger partial charge in [0.1, 0.15) is 5.75 Å². The van der Waals surface area contributed by atoms with Gasteiger partial charge in [-0.3, -0.25) is 14.3 Å². The number of nitrogens with one attached hydrogen (secondary N) is 2. The zero-order valence-corrected chi connectivity index (χ0v) is 16.2. The van der Waals surface area contributed by atoms with Crippen molar-refractivity contribution in [3.63, 3.8) is 0 Å². The van der Waals surface area contributed by atoms with E-state index in [2.05, 4.69) is 20.0 Å². The molecule has 0 saturated carbocycles. The van der Waals surface area contributed by atoms with E-state index in [1.54, 1.807) is 18.2 Å². The smallest absolute Gasteiger partial charge is 0.439 e. The Morgan fingerprint density at radius 1 is 1.10 bits per heavy atom. The first kappa shape index (κ1) is 19.0. The van der Waals surface area contributed by atoms with Gasteiger partial charge in [0.25, 0.3) is 5.91 Å². The number of amides is 1. The van der Waals surface area contributed by atoms with E-state index in [1.807, 2.05) is 30.3 Å². The maximum absolute atomic E-state index is 12.1. The zero-order valence-electron chi connectivity index (χ0n) is 14.7. The summed E-state index contributed by atoms with van der Waals surface area (Å²) in [5.74, 6) is -1.56. The number of aromatic amines is 1. The molecule has 4 rings (SSSR count). The molecule has 0 aliphatic carbocycles. The number of fused-ring (bicyclic) bond motifs is 1. The second kappa shape index (κ2) is 7.62. The molecule has 1 aromatic heterocycles. The molecule has 0 aliphatic rings. The number of aromatic nitrogens is 2. The maximum Gasteiger partial charge on any atom is 0.439 e. The Kier molecular flexibility index (Phi) is 5.00. The summed E-state index contributed by atoms with van der Waals surface area (Å²) in [4.78, 5) is 25.2. The van der Waals surface area contributed by atoms with Crippen LogP contribution in [0.3, 0.4) is 0 Å². The summed E-state index contributed by atoms with van der Waals surface area (Å²) in [6.45, 7) is 0.